The molecule has 5 heteroatoms. The lowest BCUT2D eigenvalue weighted by atomic mass is 10.2. The molecule has 0 aliphatic carbocycles. The van der Waals surface area contributed by atoms with Gasteiger partial charge in [-0.1, -0.05) is 20.3 Å². The second kappa shape index (κ2) is 10.9. The van der Waals surface area contributed by atoms with Gasteiger partial charge < -0.3 is 19.7 Å². The summed E-state index contributed by atoms with van der Waals surface area (Å²) in [7, 11) is 1.71. The van der Waals surface area contributed by atoms with Crippen LogP contribution in [0.1, 0.15) is 40.0 Å². The summed E-state index contributed by atoms with van der Waals surface area (Å²) in [5, 5.41) is 2.83. The van der Waals surface area contributed by atoms with E-state index in [1.165, 1.54) is 0 Å². The zero-order valence-electron chi connectivity index (χ0n) is 14.8. The first-order chi connectivity index (χ1) is 11.1. The molecule has 1 atom stereocenters. The van der Waals surface area contributed by atoms with Crippen LogP contribution in [0.2, 0.25) is 0 Å². The fourth-order valence-corrected chi connectivity index (χ4v) is 2.41. The molecule has 0 aliphatic heterocycles. The van der Waals surface area contributed by atoms with Gasteiger partial charge in [0.15, 0.2) is 0 Å². The highest BCUT2D eigenvalue weighted by molar-refractivity contribution is 5.70. The molecule has 0 fully saturated rings. The highest BCUT2D eigenvalue weighted by Gasteiger charge is 2.10. The molecule has 23 heavy (non-hydrogen) atoms. The van der Waals surface area contributed by atoms with Crippen LogP contribution < -0.4 is 15.0 Å². The van der Waals surface area contributed by atoms with Gasteiger partial charge in [-0.25, -0.2) is 4.79 Å². The van der Waals surface area contributed by atoms with Crippen LogP contribution in [0, 0.1) is 0 Å². The average Bonchev–Trinajstić information content (AvgIpc) is 2.52. The number of ether oxygens (including phenoxy) is 2. The van der Waals surface area contributed by atoms with Crippen LogP contribution in [0.5, 0.6) is 5.75 Å². The monoisotopic (exact) mass is 322 g/mol. The van der Waals surface area contributed by atoms with Crippen molar-refractivity contribution in [1.29, 1.82) is 0 Å². The van der Waals surface area contributed by atoms with E-state index in [1.807, 2.05) is 31.2 Å². The van der Waals surface area contributed by atoms with Gasteiger partial charge in [0, 0.05) is 31.9 Å². The average molecular weight is 322 g/mol. The number of anilines is 1. The Morgan fingerprint density at radius 1 is 1.17 bits per heavy atom. The predicted molar refractivity (Wildman–Crippen MR) is 94.4 cm³/mol. The molecule has 1 amide bonds. The molecule has 0 radical (unpaired) electrons. The Balaban J connectivity index is 2.58. The van der Waals surface area contributed by atoms with Crippen LogP contribution in [0.25, 0.3) is 0 Å². The largest absolute Gasteiger partial charge is 0.412 e. The molecule has 1 rings (SSSR count). The highest BCUT2D eigenvalue weighted by Crippen LogP contribution is 2.20. The second-order valence-electron chi connectivity index (χ2n) is 5.70. The molecule has 0 heterocycles. The lowest BCUT2D eigenvalue weighted by Crippen LogP contribution is -2.34. The number of hydrogen-bond donors (Lipinski definition) is 1. The Kier molecular flexibility index (Phi) is 9.14. The van der Waals surface area contributed by atoms with Crippen LogP contribution in [0.15, 0.2) is 24.3 Å². The van der Waals surface area contributed by atoms with Crippen molar-refractivity contribution in [2.75, 3.05) is 31.7 Å². The summed E-state index contributed by atoms with van der Waals surface area (Å²) in [6.07, 6.45) is 2.65. The van der Waals surface area contributed by atoms with Crippen LogP contribution in [-0.2, 0) is 4.74 Å². The Hall–Kier alpha value is -1.75. The van der Waals surface area contributed by atoms with Crippen molar-refractivity contribution in [3.8, 4) is 5.75 Å². The molecule has 1 aromatic carbocycles. The predicted octanol–water partition coefficient (Wildman–Crippen LogP) is 3.83. The SMILES string of the molecule is CCC[C@@H](C)NC(=O)Oc1ccc(N(CCC)CCOC)cc1. The van der Waals surface area contributed by atoms with Crippen molar-refractivity contribution in [3.05, 3.63) is 24.3 Å². The maximum atomic E-state index is 11.8. The maximum Gasteiger partial charge on any atom is 0.412 e. The van der Waals surface area contributed by atoms with Gasteiger partial charge in [0.25, 0.3) is 0 Å². The molecule has 0 saturated heterocycles. The highest BCUT2D eigenvalue weighted by atomic mass is 16.6. The van der Waals surface area contributed by atoms with Gasteiger partial charge in [-0.05, 0) is 44.0 Å². The quantitative estimate of drug-likeness (QED) is 0.711. The number of carbonyl (C=O) groups excluding carboxylic acids is 1. The lowest BCUT2D eigenvalue weighted by molar-refractivity contribution is 0.196. The number of rotatable bonds is 10. The van der Waals surface area contributed by atoms with E-state index in [4.69, 9.17) is 9.47 Å². The molecule has 0 aliphatic rings. The van der Waals surface area contributed by atoms with Crippen molar-refractivity contribution < 1.29 is 14.3 Å². The molecule has 130 valence electrons. The standard InChI is InChI=1S/C18H30N2O3/c1-5-7-15(3)19-18(21)23-17-10-8-16(9-11-17)20(12-6-2)13-14-22-4/h8-11,15H,5-7,12-14H2,1-4H3,(H,19,21)/t15-/m1/s1. The van der Waals surface area contributed by atoms with Gasteiger partial charge in [-0.3, -0.25) is 0 Å². The third-order valence-corrected chi connectivity index (χ3v) is 3.56. The third-order valence-electron chi connectivity index (χ3n) is 3.56. The molecule has 0 saturated carbocycles. The van der Waals surface area contributed by atoms with Crippen molar-refractivity contribution in [2.45, 2.75) is 46.1 Å². The fourth-order valence-electron chi connectivity index (χ4n) is 2.41. The summed E-state index contributed by atoms with van der Waals surface area (Å²) in [5.74, 6) is 0.554. The van der Waals surface area contributed by atoms with Crippen molar-refractivity contribution in [1.82, 2.24) is 5.32 Å². The van der Waals surface area contributed by atoms with E-state index < -0.39 is 6.09 Å². The first kappa shape index (κ1) is 19.3. The van der Waals surface area contributed by atoms with Crippen molar-refractivity contribution >= 4 is 11.8 Å². The minimum atomic E-state index is -0.400. The van der Waals surface area contributed by atoms with E-state index in [9.17, 15) is 4.79 Å². The van der Waals surface area contributed by atoms with Gasteiger partial charge in [-0.2, -0.15) is 0 Å². The second-order valence-corrected chi connectivity index (χ2v) is 5.70. The molecule has 0 bridgehead atoms. The first-order valence-electron chi connectivity index (χ1n) is 8.43. The molecule has 5 nitrogen and oxygen atoms in total. The number of nitrogens with zero attached hydrogens (tertiary/aromatic N) is 1. The van der Waals surface area contributed by atoms with E-state index in [2.05, 4.69) is 24.1 Å². The zero-order chi connectivity index (χ0) is 17.1. The summed E-state index contributed by atoms with van der Waals surface area (Å²) in [5.41, 5.74) is 1.11. The topological polar surface area (TPSA) is 50.8 Å². The number of hydrogen-bond acceptors (Lipinski definition) is 4. The van der Waals surface area contributed by atoms with E-state index >= 15 is 0 Å². The zero-order valence-corrected chi connectivity index (χ0v) is 14.8. The van der Waals surface area contributed by atoms with Gasteiger partial charge in [-0.15, -0.1) is 0 Å². The molecular formula is C18H30N2O3. The summed E-state index contributed by atoms with van der Waals surface area (Å²) in [6.45, 7) is 8.73. The number of benzene rings is 1. The van der Waals surface area contributed by atoms with Gasteiger partial charge in [0.2, 0.25) is 0 Å². The summed E-state index contributed by atoms with van der Waals surface area (Å²) in [6, 6.07) is 7.73. The van der Waals surface area contributed by atoms with E-state index in [-0.39, 0.29) is 6.04 Å². The van der Waals surface area contributed by atoms with E-state index in [0.717, 1.165) is 38.0 Å². The summed E-state index contributed by atoms with van der Waals surface area (Å²) < 4.78 is 10.5. The molecular weight excluding hydrogens is 292 g/mol. The Morgan fingerprint density at radius 3 is 2.43 bits per heavy atom. The van der Waals surface area contributed by atoms with Crippen LogP contribution >= 0.6 is 0 Å². The van der Waals surface area contributed by atoms with E-state index in [0.29, 0.717) is 12.4 Å². The molecule has 1 N–H and O–H groups in total. The summed E-state index contributed by atoms with van der Waals surface area (Å²) in [4.78, 5) is 14.1. The minimum Gasteiger partial charge on any atom is -0.410 e. The van der Waals surface area contributed by atoms with Gasteiger partial charge >= 0.3 is 6.09 Å². The van der Waals surface area contributed by atoms with Crippen molar-refractivity contribution in [3.63, 3.8) is 0 Å². The Bertz CT molecular complexity index is 448. The molecule has 1 aromatic rings. The van der Waals surface area contributed by atoms with Crippen LogP contribution in [0.4, 0.5) is 10.5 Å². The van der Waals surface area contributed by atoms with Gasteiger partial charge in [0.1, 0.15) is 5.75 Å². The minimum absolute atomic E-state index is 0.126. The van der Waals surface area contributed by atoms with Crippen molar-refractivity contribution in [2.24, 2.45) is 0 Å². The summed E-state index contributed by atoms with van der Waals surface area (Å²) >= 11 is 0. The smallest absolute Gasteiger partial charge is 0.410 e. The number of nitrogens with one attached hydrogen (secondary N) is 1. The third kappa shape index (κ3) is 7.37. The lowest BCUT2D eigenvalue weighted by Gasteiger charge is -2.24. The Morgan fingerprint density at radius 2 is 1.87 bits per heavy atom. The Labute approximate surface area is 140 Å². The van der Waals surface area contributed by atoms with Gasteiger partial charge in [0.05, 0.1) is 6.61 Å². The first-order valence-corrected chi connectivity index (χ1v) is 8.43. The van der Waals surface area contributed by atoms with Crippen LogP contribution in [0.3, 0.4) is 0 Å². The number of amides is 1. The molecule has 0 aromatic heterocycles. The van der Waals surface area contributed by atoms with E-state index in [1.54, 1.807) is 7.11 Å². The maximum absolute atomic E-state index is 11.8. The number of methoxy groups -OCH3 is 1. The molecule has 0 unspecified atom stereocenters. The van der Waals surface area contributed by atoms with Crippen LogP contribution in [-0.4, -0.2) is 38.9 Å². The number of carbonyl (C=O) groups is 1. The fraction of sp³-hybridized carbons (Fsp3) is 0.611. The molecule has 0 spiro atoms. The normalized spacial score (nSPS) is 11.8.